The van der Waals surface area contributed by atoms with Gasteiger partial charge in [-0.1, -0.05) is 36.4 Å². The molecule has 0 fully saturated rings. The van der Waals surface area contributed by atoms with Crippen LogP contribution in [0.4, 0.5) is 10.5 Å². The second-order valence-corrected chi connectivity index (χ2v) is 3.70. The van der Waals surface area contributed by atoms with Crippen LogP contribution in [-0.2, 0) is 11.3 Å². The van der Waals surface area contributed by atoms with E-state index in [1.807, 2.05) is 30.3 Å². The lowest BCUT2D eigenvalue weighted by atomic mass is 10.2. The van der Waals surface area contributed by atoms with Gasteiger partial charge in [-0.3, -0.25) is 0 Å². The van der Waals surface area contributed by atoms with Crippen LogP contribution in [0.1, 0.15) is 5.56 Å². The molecule has 0 aliphatic carbocycles. The SMILES string of the molecule is Nc1cccc(OC(=O)OCc2ccccc2)c1. The van der Waals surface area contributed by atoms with Crippen LogP contribution in [0.2, 0.25) is 0 Å². The summed E-state index contributed by atoms with van der Waals surface area (Å²) in [6.45, 7) is 0.183. The molecule has 2 N–H and O–H groups in total. The molecule has 0 amide bonds. The molecule has 0 radical (unpaired) electrons. The normalized spacial score (nSPS) is 9.78. The molecule has 0 saturated carbocycles. The van der Waals surface area contributed by atoms with Gasteiger partial charge in [-0.05, 0) is 17.7 Å². The Morgan fingerprint density at radius 2 is 1.83 bits per heavy atom. The van der Waals surface area contributed by atoms with E-state index >= 15 is 0 Å². The van der Waals surface area contributed by atoms with E-state index in [0.717, 1.165) is 5.56 Å². The Morgan fingerprint density at radius 3 is 2.56 bits per heavy atom. The average Bonchev–Trinajstić information content (AvgIpc) is 2.38. The van der Waals surface area contributed by atoms with Gasteiger partial charge < -0.3 is 15.2 Å². The van der Waals surface area contributed by atoms with E-state index in [4.69, 9.17) is 15.2 Å². The van der Waals surface area contributed by atoms with Gasteiger partial charge in [0.25, 0.3) is 0 Å². The van der Waals surface area contributed by atoms with Gasteiger partial charge in [-0.25, -0.2) is 4.79 Å². The first kappa shape index (κ1) is 12.0. The predicted molar refractivity (Wildman–Crippen MR) is 68.1 cm³/mol. The van der Waals surface area contributed by atoms with Crippen molar-refractivity contribution in [3.63, 3.8) is 0 Å². The maximum atomic E-state index is 11.4. The zero-order chi connectivity index (χ0) is 12.8. The summed E-state index contributed by atoms with van der Waals surface area (Å²) in [6.07, 6.45) is -0.746. The van der Waals surface area contributed by atoms with Gasteiger partial charge in [0.05, 0.1) is 0 Å². The van der Waals surface area contributed by atoms with Crippen molar-refractivity contribution in [3.8, 4) is 5.75 Å². The zero-order valence-electron chi connectivity index (χ0n) is 9.71. The quantitative estimate of drug-likeness (QED) is 0.511. The summed E-state index contributed by atoms with van der Waals surface area (Å²) in [5.74, 6) is 0.369. The molecule has 0 bridgehead atoms. The first-order valence-electron chi connectivity index (χ1n) is 5.48. The van der Waals surface area contributed by atoms with E-state index in [2.05, 4.69) is 0 Å². The van der Waals surface area contributed by atoms with Crippen molar-refractivity contribution in [2.45, 2.75) is 6.61 Å². The number of anilines is 1. The van der Waals surface area contributed by atoms with Gasteiger partial charge >= 0.3 is 6.16 Å². The van der Waals surface area contributed by atoms with Crippen molar-refractivity contribution in [2.24, 2.45) is 0 Å². The summed E-state index contributed by atoms with van der Waals surface area (Å²) in [7, 11) is 0. The number of nitrogen functional groups attached to an aromatic ring is 1. The number of carbonyl (C=O) groups excluding carboxylic acids is 1. The van der Waals surface area contributed by atoms with Gasteiger partial charge in [0.2, 0.25) is 0 Å². The van der Waals surface area contributed by atoms with E-state index in [1.54, 1.807) is 24.3 Å². The summed E-state index contributed by atoms with van der Waals surface area (Å²) in [4.78, 5) is 11.4. The predicted octanol–water partition coefficient (Wildman–Crippen LogP) is 2.98. The highest BCUT2D eigenvalue weighted by Gasteiger charge is 2.06. The van der Waals surface area contributed by atoms with Crippen LogP contribution in [0.15, 0.2) is 54.6 Å². The molecule has 2 rings (SSSR count). The molecule has 4 nitrogen and oxygen atoms in total. The molecule has 0 unspecified atom stereocenters. The largest absolute Gasteiger partial charge is 0.514 e. The highest BCUT2D eigenvalue weighted by molar-refractivity contribution is 5.64. The number of rotatable bonds is 3. The Balaban J connectivity index is 1.86. The van der Waals surface area contributed by atoms with E-state index in [-0.39, 0.29) is 6.61 Å². The fourth-order valence-electron chi connectivity index (χ4n) is 1.42. The molecule has 0 spiro atoms. The van der Waals surface area contributed by atoms with E-state index in [9.17, 15) is 4.79 Å². The lowest BCUT2D eigenvalue weighted by molar-refractivity contribution is 0.0928. The number of ether oxygens (including phenoxy) is 2. The molecule has 4 heteroatoms. The molecule has 2 aromatic rings. The number of hydrogen-bond donors (Lipinski definition) is 1. The molecule has 18 heavy (non-hydrogen) atoms. The van der Waals surface area contributed by atoms with Gasteiger partial charge in [-0.2, -0.15) is 0 Å². The lowest BCUT2D eigenvalue weighted by Gasteiger charge is -2.06. The molecule has 92 valence electrons. The van der Waals surface area contributed by atoms with Crippen molar-refractivity contribution in [1.29, 1.82) is 0 Å². The molecule has 0 saturated heterocycles. The van der Waals surface area contributed by atoms with Crippen molar-refractivity contribution in [2.75, 3.05) is 5.73 Å². The topological polar surface area (TPSA) is 61.5 Å². The second-order valence-electron chi connectivity index (χ2n) is 3.70. The zero-order valence-corrected chi connectivity index (χ0v) is 9.71. The van der Waals surface area contributed by atoms with Gasteiger partial charge in [0.15, 0.2) is 0 Å². The molecule has 0 heterocycles. The minimum atomic E-state index is -0.746. The highest BCUT2D eigenvalue weighted by Crippen LogP contribution is 2.15. The molecule has 0 aliphatic heterocycles. The Labute approximate surface area is 105 Å². The Kier molecular flexibility index (Phi) is 3.81. The fourth-order valence-corrected chi connectivity index (χ4v) is 1.42. The lowest BCUT2D eigenvalue weighted by Crippen LogP contribution is -2.10. The van der Waals surface area contributed by atoms with Gasteiger partial charge in [0, 0.05) is 11.8 Å². The molecular weight excluding hydrogens is 230 g/mol. The smallest absolute Gasteiger partial charge is 0.429 e. The number of carbonyl (C=O) groups is 1. The van der Waals surface area contributed by atoms with Crippen molar-refractivity contribution in [1.82, 2.24) is 0 Å². The maximum Gasteiger partial charge on any atom is 0.514 e. The summed E-state index contributed by atoms with van der Waals surface area (Å²) in [5.41, 5.74) is 7.00. The Morgan fingerprint density at radius 1 is 1.06 bits per heavy atom. The number of nitrogens with two attached hydrogens (primary N) is 1. The Bertz CT molecular complexity index is 526. The standard InChI is InChI=1S/C14H13NO3/c15-12-7-4-8-13(9-12)18-14(16)17-10-11-5-2-1-3-6-11/h1-9H,10,15H2. The van der Waals surface area contributed by atoms with Crippen LogP contribution in [0.25, 0.3) is 0 Å². The average molecular weight is 243 g/mol. The first-order chi connectivity index (χ1) is 8.74. The van der Waals surface area contributed by atoms with Crippen LogP contribution in [0.3, 0.4) is 0 Å². The molecule has 0 atom stereocenters. The van der Waals surface area contributed by atoms with E-state index < -0.39 is 6.16 Å². The second kappa shape index (κ2) is 5.72. The maximum absolute atomic E-state index is 11.4. The summed E-state index contributed by atoms with van der Waals surface area (Å²) >= 11 is 0. The van der Waals surface area contributed by atoms with Crippen molar-refractivity contribution in [3.05, 3.63) is 60.2 Å². The summed E-state index contributed by atoms with van der Waals surface area (Å²) < 4.78 is 9.95. The highest BCUT2D eigenvalue weighted by atomic mass is 16.7. The molecule has 0 aromatic heterocycles. The monoisotopic (exact) mass is 243 g/mol. The number of benzene rings is 2. The first-order valence-corrected chi connectivity index (χ1v) is 5.48. The van der Waals surface area contributed by atoms with E-state index in [0.29, 0.717) is 11.4 Å². The third-order valence-electron chi connectivity index (χ3n) is 2.26. The van der Waals surface area contributed by atoms with E-state index in [1.165, 1.54) is 0 Å². The van der Waals surface area contributed by atoms with Crippen LogP contribution in [0, 0.1) is 0 Å². The third-order valence-corrected chi connectivity index (χ3v) is 2.26. The molecule has 2 aromatic carbocycles. The third kappa shape index (κ3) is 3.52. The molecule has 0 aliphatic rings. The van der Waals surface area contributed by atoms with Crippen molar-refractivity contribution >= 4 is 11.8 Å². The summed E-state index contributed by atoms with van der Waals surface area (Å²) in [5, 5.41) is 0. The minimum Gasteiger partial charge on any atom is -0.429 e. The minimum absolute atomic E-state index is 0.183. The van der Waals surface area contributed by atoms with Crippen LogP contribution in [-0.4, -0.2) is 6.16 Å². The number of hydrogen-bond acceptors (Lipinski definition) is 4. The van der Waals surface area contributed by atoms with Crippen molar-refractivity contribution < 1.29 is 14.3 Å². The van der Waals surface area contributed by atoms with Crippen LogP contribution < -0.4 is 10.5 Å². The van der Waals surface area contributed by atoms with Gasteiger partial charge in [-0.15, -0.1) is 0 Å². The van der Waals surface area contributed by atoms with Crippen LogP contribution >= 0.6 is 0 Å². The molecular formula is C14H13NO3. The summed E-state index contributed by atoms with van der Waals surface area (Å²) in [6, 6.07) is 16.0. The Hall–Kier alpha value is -2.49. The van der Waals surface area contributed by atoms with Gasteiger partial charge in [0.1, 0.15) is 12.4 Å². The fraction of sp³-hybridized carbons (Fsp3) is 0.0714. The van der Waals surface area contributed by atoms with Crippen LogP contribution in [0.5, 0.6) is 5.75 Å².